The Balaban J connectivity index is 1.70. The van der Waals surface area contributed by atoms with Crippen LogP contribution in [0.1, 0.15) is 53.7 Å². The normalized spacial score (nSPS) is 15.8. The first-order chi connectivity index (χ1) is 10.0. The van der Waals surface area contributed by atoms with Crippen molar-refractivity contribution in [3.63, 3.8) is 0 Å². The third-order valence-electron chi connectivity index (χ3n) is 3.45. The van der Waals surface area contributed by atoms with Gasteiger partial charge in [-0.2, -0.15) is 0 Å². The Morgan fingerprint density at radius 1 is 1.43 bits per heavy atom. The molecule has 21 heavy (non-hydrogen) atoms. The third kappa shape index (κ3) is 3.19. The number of nitrogens with one attached hydrogen (secondary N) is 2. The Labute approximate surface area is 132 Å². The molecule has 1 saturated carbocycles. The Kier molecular flexibility index (Phi) is 3.87. The van der Waals surface area contributed by atoms with Gasteiger partial charge in [0.25, 0.3) is 5.91 Å². The van der Waals surface area contributed by atoms with Crippen molar-refractivity contribution in [1.29, 1.82) is 0 Å². The second-order valence-electron chi connectivity index (χ2n) is 5.18. The quantitative estimate of drug-likeness (QED) is 0.904. The number of rotatable bonds is 4. The lowest BCUT2D eigenvalue weighted by Crippen LogP contribution is -2.27. The molecule has 0 bridgehead atoms. The van der Waals surface area contributed by atoms with E-state index in [4.69, 9.17) is 23.2 Å². The minimum absolute atomic E-state index is 0.161. The molecule has 1 aliphatic carbocycles. The van der Waals surface area contributed by atoms with Crippen LogP contribution in [0.25, 0.3) is 0 Å². The first-order valence-corrected chi connectivity index (χ1v) is 7.48. The zero-order chi connectivity index (χ0) is 15.0. The van der Waals surface area contributed by atoms with Crippen molar-refractivity contribution in [2.75, 3.05) is 0 Å². The summed E-state index contributed by atoms with van der Waals surface area (Å²) in [6.45, 7) is 1.85. The lowest BCUT2D eigenvalue weighted by molar-refractivity contribution is 0.0929. The summed E-state index contributed by atoms with van der Waals surface area (Å²) in [5, 5.41) is 10.7. The Bertz CT molecular complexity index is 681. The van der Waals surface area contributed by atoms with Crippen molar-refractivity contribution in [2.45, 2.75) is 31.7 Å². The van der Waals surface area contributed by atoms with Gasteiger partial charge >= 0.3 is 0 Å². The van der Waals surface area contributed by atoms with Crippen LogP contribution in [-0.4, -0.2) is 21.1 Å². The molecule has 0 aliphatic heterocycles. The molecule has 1 aromatic carbocycles. The summed E-state index contributed by atoms with van der Waals surface area (Å²) in [6.07, 6.45) is 2.21. The SMILES string of the molecule is CC(NC(=O)c1n[nH]c(C2CC2)n1)c1ccc(Cl)cc1Cl. The topological polar surface area (TPSA) is 70.7 Å². The van der Waals surface area contributed by atoms with E-state index < -0.39 is 0 Å². The van der Waals surface area contributed by atoms with Crippen LogP contribution in [0.2, 0.25) is 10.0 Å². The maximum Gasteiger partial charge on any atom is 0.291 e. The molecule has 110 valence electrons. The molecule has 3 rings (SSSR count). The fourth-order valence-electron chi connectivity index (χ4n) is 2.11. The molecule has 1 aromatic heterocycles. The van der Waals surface area contributed by atoms with E-state index in [1.807, 2.05) is 6.92 Å². The lowest BCUT2D eigenvalue weighted by Gasteiger charge is -2.14. The fourth-order valence-corrected chi connectivity index (χ4v) is 2.68. The summed E-state index contributed by atoms with van der Waals surface area (Å²) in [4.78, 5) is 16.4. The monoisotopic (exact) mass is 324 g/mol. The largest absolute Gasteiger partial charge is 0.343 e. The average Bonchev–Trinajstić information content (AvgIpc) is 3.16. The van der Waals surface area contributed by atoms with Gasteiger partial charge in [0.2, 0.25) is 5.82 Å². The van der Waals surface area contributed by atoms with E-state index >= 15 is 0 Å². The number of carbonyl (C=O) groups is 1. The van der Waals surface area contributed by atoms with E-state index in [1.54, 1.807) is 18.2 Å². The van der Waals surface area contributed by atoms with Gasteiger partial charge in [0.05, 0.1) is 6.04 Å². The van der Waals surface area contributed by atoms with E-state index in [0.29, 0.717) is 16.0 Å². The number of H-pyrrole nitrogens is 1. The number of benzene rings is 1. The van der Waals surface area contributed by atoms with Crippen LogP contribution >= 0.6 is 23.2 Å². The smallest absolute Gasteiger partial charge is 0.291 e. The van der Waals surface area contributed by atoms with Crippen LogP contribution in [0.5, 0.6) is 0 Å². The first-order valence-electron chi connectivity index (χ1n) is 6.72. The molecular formula is C14H14Cl2N4O. The highest BCUT2D eigenvalue weighted by molar-refractivity contribution is 6.35. The minimum atomic E-state index is -0.323. The van der Waals surface area contributed by atoms with Crippen LogP contribution in [0.15, 0.2) is 18.2 Å². The van der Waals surface area contributed by atoms with Crippen LogP contribution in [0.4, 0.5) is 0 Å². The summed E-state index contributed by atoms with van der Waals surface area (Å²) in [7, 11) is 0. The summed E-state index contributed by atoms with van der Waals surface area (Å²) >= 11 is 12.0. The Morgan fingerprint density at radius 3 is 2.86 bits per heavy atom. The summed E-state index contributed by atoms with van der Waals surface area (Å²) in [6, 6.07) is 4.93. The number of carbonyl (C=O) groups excluding carboxylic acids is 1. The van der Waals surface area contributed by atoms with Gasteiger partial charge in [-0.25, -0.2) is 4.98 Å². The number of hydrogen-bond donors (Lipinski definition) is 2. The standard InChI is InChI=1S/C14H14Cl2N4O/c1-7(10-5-4-9(15)6-11(10)16)17-14(21)13-18-12(19-20-13)8-2-3-8/h4-8H,2-3H2,1H3,(H,17,21)(H,18,19,20). The number of aromatic nitrogens is 3. The number of amides is 1. The van der Waals surface area contributed by atoms with Crippen molar-refractivity contribution in [3.8, 4) is 0 Å². The summed E-state index contributed by atoms with van der Waals surface area (Å²) < 4.78 is 0. The molecule has 1 heterocycles. The first kappa shape index (κ1) is 14.4. The van der Waals surface area contributed by atoms with Crippen LogP contribution in [0.3, 0.4) is 0 Å². The van der Waals surface area contributed by atoms with Gasteiger partial charge < -0.3 is 5.32 Å². The number of halogens is 2. The lowest BCUT2D eigenvalue weighted by atomic mass is 10.1. The van der Waals surface area contributed by atoms with Crippen LogP contribution in [0, 0.1) is 0 Å². The Hall–Kier alpha value is -1.59. The van der Waals surface area contributed by atoms with Gasteiger partial charge in [-0.1, -0.05) is 29.3 Å². The number of aromatic amines is 1. The van der Waals surface area contributed by atoms with Gasteiger partial charge in [0, 0.05) is 16.0 Å². The molecule has 5 nitrogen and oxygen atoms in total. The number of nitrogens with zero attached hydrogens (tertiary/aromatic N) is 2. The predicted octanol–water partition coefficient (Wildman–Crippen LogP) is 3.48. The highest BCUT2D eigenvalue weighted by atomic mass is 35.5. The third-order valence-corrected chi connectivity index (χ3v) is 4.01. The van der Waals surface area contributed by atoms with E-state index in [2.05, 4.69) is 20.5 Å². The molecule has 0 saturated heterocycles. The number of hydrogen-bond acceptors (Lipinski definition) is 3. The van der Waals surface area contributed by atoms with Crippen molar-refractivity contribution in [1.82, 2.24) is 20.5 Å². The van der Waals surface area contributed by atoms with Crippen LogP contribution in [-0.2, 0) is 0 Å². The van der Waals surface area contributed by atoms with Crippen molar-refractivity contribution in [3.05, 3.63) is 45.5 Å². The van der Waals surface area contributed by atoms with Gasteiger partial charge in [0.1, 0.15) is 5.82 Å². The highest BCUT2D eigenvalue weighted by Crippen LogP contribution is 2.37. The molecule has 7 heteroatoms. The van der Waals surface area contributed by atoms with E-state index in [0.717, 1.165) is 24.2 Å². The second-order valence-corrected chi connectivity index (χ2v) is 6.02. The molecule has 2 aromatic rings. The Morgan fingerprint density at radius 2 is 2.19 bits per heavy atom. The van der Waals surface area contributed by atoms with Gasteiger partial charge in [-0.15, -0.1) is 5.10 Å². The second kappa shape index (κ2) is 5.66. The van der Waals surface area contributed by atoms with E-state index in [-0.39, 0.29) is 17.8 Å². The molecular weight excluding hydrogens is 311 g/mol. The minimum Gasteiger partial charge on any atom is -0.343 e. The predicted molar refractivity (Wildman–Crippen MR) is 80.7 cm³/mol. The molecule has 1 atom stereocenters. The van der Waals surface area contributed by atoms with Crippen molar-refractivity contribution in [2.24, 2.45) is 0 Å². The van der Waals surface area contributed by atoms with Crippen molar-refractivity contribution < 1.29 is 4.79 Å². The fraction of sp³-hybridized carbons (Fsp3) is 0.357. The van der Waals surface area contributed by atoms with Gasteiger partial charge in [-0.3, -0.25) is 9.89 Å². The zero-order valence-electron chi connectivity index (χ0n) is 11.4. The van der Waals surface area contributed by atoms with Crippen LogP contribution < -0.4 is 5.32 Å². The zero-order valence-corrected chi connectivity index (χ0v) is 12.9. The molecule has 1 fully saturated rings. The van der Waals surface area contributed by atoms with Gasteiger partial charge in [-0.05, 0) is 37.5 Å². The van der Waals surface area contributed by atoms with Crippen molar-refractivity contribution >= 4 is 29.1 Å². The molecule has 0 spiro atoms. The molecule has 1 unspecified atom stereocenters. The average molecular weight is 325 g/mol. The van der Waals surface area contributed by atoms with E-state index in [1.165, 1.54) is 0 Å². The molecule has 2 N–H and O–H groups in total. The maximum atomic E-state index is 12.1. The van der Waals surface area contributed by atoms with E-state index in [9.17, 15) is 4.79 Å². The maximum absolute atomic E-state index is 12.1. The van der Waals surface area contributed by atoms with Gasteiger partial charge in [0.15, 0.2) is 0 Å². The summed E-state index contributed by atoms with van der Waals surface area (Å²) in [5.74, 6) is 1.06. The molecule has 1 aliphatic rings. The molecule has 0 radical (unpaired) electrons. The summed E-state index contributed by atoms with van der Waals surface area (Å²) in [5.41, 5.74) is 0.798. The highest BCUT2D eigenvalue weighted by Gasteiger charge is 2.28. The molecule has 1 amide bonds.